The van der Waals surface area contributed by atoms with Crippen molar-refractivity contribution in [1.82, 2.24) is 9.88 Å². The van der Waals surface area contributed by atoms with E-state index in [4.69, 9.17) is 18.6 Å². The van der Waals surface area contributed by atoms with E-state index in [1.165, 1.54) is 0 Å². The smallest absolute Gasteiger partial charge is 0.395 e. The first-order valence-corrected chi connectivity index (χ1v) is 6.98. The molecule has 120 valence electrons. The molecule has 1 aromatic carbocycles. The Morgan fingerprint density at radius 3 is 2.50 bits per heavy atom. The van der Waals surface area contributed by atoms with Crippen molar-refractivity contribution in [2.75, 3.05) is 47.1 Å². The summed E-state index contributed by atoms with van der Waals surface area (Å²) in [6.45, 7) is 1.74. The van der Waals surface area contributed by atoms with Gasteiger partial charge in [-0.2, -0.15) is 4.98 Å². The largest absolute Gasteiger partial charge is 0.440 e. The molecule has 0 bridgehead atoms. The fourth-order valence-corrected chi connectivity index (χ4v) is 1.89. The van der Waals surface area contributed by atoms with Crippen LogP contribution in [0, 0.1) is 0 Å². The van der Waals surface area contributed by atoms with Gasteiger partial charge in [-0.15, -0.1) is 0 Å². The van der Waals surface area contributed by atoms with Gasteiger partial charge in [0.2, 0.25) is 0 Å². The van der Waals surface area contributed by atoms with Crippen molar-refractivity contribution in [3.05, 3.63) is 24.3 Å². The molecule has 0 radical (unpaired) electrons. The van der Waals surface area contributed by atoms with Gasteiger partial charge in [0.15, 0.2) is 12.2 Å². The summed E-state index contributed by atoms with van der Waals surface area (Å²) in [5.74, 6) is -0.170. The van der Waals surface area contributed by atoms with Crippen LogP contribution in [-0.2, 0) is 14.3 Å². The van der Waals surface area contributed by atoms with Gasteiger partial charge in [0.25, 0.3) is 5.91 Å². The molecule has 1 aromatic heterocycles. The van der Waals surface area contributed by atoms with Crippen LogP contribution < -0.4 is 4.74 Å². The lowest BCUT2D eigenvalue weighted by Crippen LogP contribution is -2.39. The van der Waals surface area contributed by atoms with Crippen molar-refractivity contribution >= 4 is 17.0 Å². The third kappa shape index (κ3) is 4.44. The molecule has 1 heterocycles. The Labute approximate surface area is 128 Å². The number of nitrogens with zero attached hydrogens (tertiary/aromatic N) is 2. The number of methoxy groups -OCH3 is 2. The average molecular weight is 308 g/mol. The molecule has 0 saturated heterocycles. The Balaban J connectivity index is 1.90. The second-order valence-corrected chi connectivity index (χ2v) is 4.60. The maximum absolute atomic E-state index is 12.2. The fraction of sp³-hybridized carbons (Fsp3) is 0.467. The van der Waals surface area contributed by atoms with Crippen LogP contribution in [0.15, 0.2) is 28.7 Å². The SMILES string of the molecule is COCCN(CCOC)C(=O)COc1nc2ccccc2o1. The number of oxazole rings is 1. The Morgan fingerprint density at radius 2 is 1.86 bits per heavy atom. The Kier molecular flexibility index (Phi) is 6.17. The van der Waals surface area contributed by atoms with Gasteiger partial charge in [0, 0.05) is 27.3 Å². The van der Waals surface area contributed by atoms with Crippen LogP contribution in [0.4, 0.5) is 0 Å². The van der Waals surface area contributed by atoms with E-state index in [-0.39, 0.29) is 18.6 Å². The van der Waals surface area contributed by atoms with Crippen LogP contribution in [0.25, 0.3) is 11.1 Å². The van der Waals surface area contributed by atoms with Crippen molar-refractivity contribution < 1.29 is 23.4 Å². The lowest BCUT2D eigenvalue weighted by Gasteiger charge is -2.21. The molecule has 7 heteroatoms. The van der Waals surface area contributed by atoms with Crippen molar-refractivity contribution in [3.63, 3.8) is 0 Å². The summed E-state index contributed by atoms with van der Waals surface area (Å²) in [5.41, 5.74) is 1.32. The van der Waals surface area contributed by atoms with Crippen LogP contribution in [0.3, 0.4) is 0 Å². The van der Waals surface area contributed by atoms with Gasteiger partial charge in [-0.05, 0) is 12.1 Å². The monoisotopic (exact) mass is 308 g/mol. The predicted molar refractivity (Wildman–Crippen MR) is 79.8 cm³/mol. The molecule has 0 saturated carbocycles. The molecule has 0 spiro atoms. The number of fused-ring (bicyclic) bond motifs is 1. The molecule has 0 aliphatic heterocycles. The van der Waals surface area contributed by atoms with Crippen LogP contribution >= 0.6 is 0 Å². The standard InChI is InChI=1S/C15H20N2O5/c1-19-9-7-17(8-10-20-2)14(18)11-21-15-16-12-5-3-4-6-13(12)22-15/h3-6H,7-11H2,1-2H3. The van der Waals surface area contributed by atoms with Gasteiger partial charge in [0.1, 0.15) is 5.52 Å². The zero-order chi connectivity index (χ0) is 15.8. The minimum absolute atomic E-state index is 0.0907. The number of ether oxygens (including phenoxy) is 3. The lowest BCUT2D eigenvalue weighted by molar-refractivity contribution is -0.135. The highest BCUT2D eigenvalue weighted by atomic mass is 16.6. The van der Waals surface area contributed by atoms with E-state index in [2.05, 4.69) is 4.98 Å². The van der Waals surface area contributed by atoms with E-state index in [0.717, 1.165) is 0 Å². The van der Waals surface area contributed by atoms with Crippen molar-refractivity contribution in [1.29, 1.82) is 0 Å². The molecule has 7 nitrogen and oxygen atoms in total. The number of carbonyl (C=O) groups is 1. The Bertz CT molecular complexity index is 557. The molecule has 2 aromatic rings. The zero-order valence-electron chi connectivity index (χ0n) is 12.8. The highest BCUT2D eigenvalue weighted by molar-refractivity contribution is 5.78. The van der Waals surface area contributed by atoms with Crippen LogP contribution in [-0.4, -0.2) is 62.9 Å². The second kappa shape index (κ2) is 8.35. The van der Waals surface area contributed by atoms with E-state index in [0.29, 0.717) is 37.4 Å². The highest BCUT2D eigenvalue weighted by Crippen LogP contribution is 2.19. The number of carbonyl (C=O) groups excluding carboxylic acids is 1. The average Bonchev–Trinajstić information content (AvgIpc) is 2.95. The summed E-state index contributed by atoms with van der Waals surface area (Å²) in [4.78, 5) is 17.9. The summed E-state index contributed by atoms with van der Waals surface area (Å²) in [5, 5.41) is 0. The molecule has 0 aliphatic rings. The maximum atomic E-state index is 12.2. The first-order chi connectivity index (χ1) is 10.7. The number of rotatable bonds is 9. The van der Waals surface area contributed by atoms with Gasteiger partial charge in [-0.1, -0.05) is 12.1 Å². The van der Waals surface area contributed by atoms with E-state index < -0.39 is 0 Å². The molecular weight excluding hydrogens is 288 g/mol. The quantitative estimate of drug-likeness (QED) is 0.696. The molecular formula is C15H20N2O5. The number of aromatic nitrogens is 1. The number of hydrogen-bond donors (Lipinski definition) is 0. The van der Waals surface area contributed by atoms with Crippen LogP contribution in [0.5, 0.6) is 6.08 Å². The normalized spacial score (nSPS) is 10.8. The topological polar surface area (TPSA) is 74.0 Å². The highest BCUT2D eigenvalue weighted by Gasteiger charge is 2.15. The lowest BCUT2D eigenvalue weighted by atomic mass is 10.3. The number of benzene rings is 1. The van der Waals surface area contributed by atoms with Crippen LogP contribution in [0.1, 0.15) is 0 Å². The zero-order valence-corrected chi connectivity index (χ0v) is 12.8. The summed E-state index contributed by atoms with van der Waals surface area (Å²) in [6.07, 6.45) is 0.0907. The molecule has 22 heavy (non-hydrogen) atoms. The van der Waals surface area contributed by atoms with Crippen molar-refractivity contribution in [2.24, 2.45) is 0 Å². The minimum Gasteiger partial charge on any atom is -0.440 e. The number of para-hydroxylation sites is 2. The third-order valence-electron chi connectivity index (χ3n) is 3.08. The first-order valence-electron chi connectivity index (χ1n) is 6.98. The summed E-state index contributed by atoms with van der Waals surface area (Å²) in [6, 6.07) is 7.31. The summed E-state index contributed by atoms with van der Waals surface area (Å²) < 4.78 is 20.7. The molecule has 2 rings (SSSR count). The van der Waals surface area contributed by atoms with Gasteiger partial charge in [-0.3, -0.25) is 4.79 Å². The number of amides is 1. The molecule has 0 unspecified atom stereocenters. The molecule has 0 aliphatic carbocycles. The minimum atomic E-state index is -0.170. The van der Waals surface area contributed by atoms with Crippen molar-refractivity contribution in [2.45, 2.75) is 0 Å². The Hall–Kier alpha value is -2.12. The fourth-order valence-electron chi connectivity index (χ4n) is 1.89. The molecule has 0 N–H and O–H groups in total. The molecule has 1 amide bonds. The number of hydrogen-bond acceptors (Lipinski definition) is 6. The van der Waals surface area contributed by atoms with E-state index in [9.17, 15) is 4.79 Å². The van der Waals surface area contributed by atoms with Gasteiger partial charge in [0.05, 0.1) is 13.2 Å². The van der Waals surface area contributed by atoms with Gasteiger partial charge >= 0.3 is 6.08 Å². The summed E-state index contributed by atoms with van der Waals surface area (Å²) in [7, 11) is 3.18. The maximum Gasteiger partial charge on any atom is 0.395 e. The first kappa shape index (κ1) is 16.3. The molecule has 0 fully saturated rings. The van der Waals surface area contributed by atoms with E-state index in [1.54, 1.807) is 25.2 Å². The second-order valence-electron chi connectivity index (χ2n) is 4.60. The predicted octanol–water partition coefficient (Wildman–Crippen LogP) is 1.33. The molecule has 0 atom stereocenters. The van der Waals surface area contributed by atoms with E-state index in [1.807, 2.05) is 18.2 Å². The van der Waals surface area contributed by atoms with Crippen molar-refractivity contribution in [3.8, 4) is 6.08 Å². The van der Waals surface area contributed by atoms with Crippen LogP contribution in [0.2, 0.25) is 0 Å². The van der Waals surface area contributed by atoms with Gasteiger partial charge < -0.3 is 23.5 Å². The third-order valence-corrected chi connectivity index (χ3v) is 3.08. The summed E-state index contributed by atoms with van der Waals surface area (Å²) >= 11 is 0. The van der Waals surface area contributed by atoms with Gasteiger partial charge in [-0.25, -0.2) is 0 Å². The van der Waals surface area contributed by atoms with E-state index >= 15 is 0 Å². The Morgan fingerprint density at radius 1 is 1.18 bits per heavy atom.